The van der Waals surface area contributed by atoms with Crippen molar-refractivity contribution in [2.24, 2.45) is 7.05 Å². The fraction of sp³-hybridized carbons (Fsp3) is 0.286. The van der Waals surface area contributed by atoms with Gasteiger partial charge in [-0.15, -0.1) is 0 Å². The van der Waals surface area contributed by atoms with Gasteiger partial charge in [-0.2, -0.15) is 5.10 Å². The molecule has 0 amide bonds. The van der Waals surface area contributed by atoms with Gasteiger partial charge in [-0.1, -0.05) is 12.1 Å². The fourth-order valence-corrected chi connectivity index (χ4v) is 2.84. The number of benzene rings is 1. The van der Waals surface area contributed by atoms with Gasteiger partial charge in [-0.3, -0.25) is 9.52 Å². The summed E-state index contributed by atoms with van der Waals surface area (Å²) >= 11 is 0. The Bertz CT molecular complexity index is 815. The van der Waals surface area contributed by atoms with E-state index in [0.717, 1.165) is 10.2 Å². The van der Waals surface area contributed by atoms with Gasteiger partial charge < -0.3 is 4.74 Å². The topological polar surface area (TPSA) is 90.3 Å². The van der Waals surface area contributed by atoms with Crippen LogP contribution in [0.1, 0.15) is 12.5 Å². The Kier molecular flexibility index (Phi) is 4.94. The Hall–Kier alpha value is -2.19. The average Bonchev–Trinajstić information content (AvgIpc) is 2.49. The van der Waals surface area contributed by atoms with Crippen LogP contribution in [0.5, 0.6) is 0 Å². The van der Waals surface area contributed by atoms with Gasteiger partial charge in [0.05, 0.1) is 11.5 Å². The van der Waals surface area contributed by atoms with Crippen molar-refractivity contribution in [3.8, 4) is 0 Å². The number of rotatable bonds is 6. The van der Waals surface area contributed by atoms with E-state index < -0.39 is 10.0 Å². The molecule has 0 aliphatic rings. The monoisotopic (exact) mass is 323 g/mol. The molecular weight excluding hydrogens is 306 g/mol. The summed E-state index contributed by atoms with van der Waals surface area (Å²) in [5, 5.41) is 3.84. The van der Waals surface area contributed by atoms with Crippen LogP contribution in [0.25, 0.3) is 0 Å². The van der Waals surface area contributed by atoms with Gasteiger partial charge in [0, 0.05) is 19.7 Å². The molecular formula is C14H17N3O4S. The summed E-state index contributed by atoms with van der Waals surface area (Å²) in [6, 6.07) is 9.04. The van der Waals surface area contributed by atoms with Crippen molar-refractivity contribution in [1.29, 1.82) is 0 Å². The molecule has 2 rings (SSSR count). The number of anilines is 1. The smallest absolute Gasteiger partial charge is 0.266 e. The fourth-order valence-electron chi connectivity index (χ4n) is 1.78. The van der Waals surface area contributed by atoms with E-state index in [4.69, 9.17) is 4.74 Å². The summed E-state index contributed by atoms with van der Waals surface area (Å²) < 4.78 is 33.4. The second-order valence-corrected chi connectivity index (χ2v) is 6.25. The Morgan fingerprint density at radius 3 is 2.73 bits per heavy atom. The van der Waals surface area contributed by atoms with Gasteiger partial charge in [-0.05, 0) is 30.7 Å². The predicted molar refractivity (Wildman–Crippen MR) is 82.1 cm³/mol. The quantitative estimate of drug-likeness (QED) is 0.860. The minimum atomic E-state index is -3.77. The van der Waals surface area contributed by atoms with Crippen LogP contribution < -0.4 is 10.3 Å². The summed E-state index contributed by atoms with van der Waals surface area (Å²) in [6.07, 6.45) is 0. The van der Waals surface area contributed by atoms with Crippen LogP contribution >= 0.6 is 0 Å². The molecule has 2 aromatic rings. The SMILES string of the molecule is CCOCc1cccc(S(=O)(=O)Nc2ccc(=O)n(C)n2)c1. The molecule has 0 radical (unpaired) electrons. The highest BCUT2D eigenvalue weighted by molar-refractivity contribution is 7.92. The molecule has 22 heavy (non-hydrogen) atoms. The van der Waals surface area contributed by atoms with Crippen LogP contribution in [-0.4, -0.2) is 24.8 Å². The Labute approximate surface area is 128 Å². The third-order valence-corrected chi connectivity index (χ3v) is 4.23. The molecule has 7 nitrogen and oxygen atoms in total. The molecule has 0 aliphatic carbocycles. The summed E-state index contributed by atoms with van der Waals surface area (Å²) in [5.41, 5.74) is 0.444. The van der Waals surface area contributed by atoms with Crippen LogP contribution in [0, 0.1) is 0 Å². The minimum absolute atomic E-state index is 0.0808. The summed E-state index contributed by atoms with van der Waals surface area (Å²) in [4.78, 5) is 11.4. The van der Waals surface area contributed by atoms with E-state index >= 15 is 0 Å². The van der Waals surface area contributed by atoms with Crippen LogP contribution in [0.15, 0.2) is 46.1 Å². The lowest BCUT2D eigenvalue weighted by Gasteiger charge is -2.09. The first-order chi connectivity index (χ1) is 10.4. The van der Waals surface area contributed by atoms with E-state index in [0.29, 0.717) is 13.2 Å². The van der Waals surface area contributed by atoms with Crippen LogP contribution in [0.3, 0.4) is 0 Å². The molecule has 1 aromatic heterocycles. The lowest BCUT2D eigenvalue weighted by atomic mass is 10.2. The Balaban J connectivity index is 2.26. The third kappa shape index (κ3) is 3.92. The Morgan fingerprint density at radius 1 is 1.27 bits per heavy atom. The van der Waals surface area contributed by atoms with Gasteiger partial charge in [0.15, 0.2) is 5.82 Å². The van der Waals surface area contributed by atoms with Gasteiger partial charge in [0.2, 0.25) is 0 Å². The Morgan fingerprint density at radius 2 is 2.05 bits per heavy atom. The number of aryl methyl sites for hydroxylation is 1. The standard InChI is InChI=1S/C14H17N3O4S/c1-3-21-10-11-5-4-6-12(9-11)22(19,20)16-13-7-8-14(18)17(2)15-13/h4-9H,3,10H2,1-2H3,(H,15,16). The molecule has 0 fully saturated rings. The first-order valence-corrected chi connectivity index (χ1v) is 8.14. The molecule has 0 unspecified atom stereocenters. The third-order valence-electron chi connectivity index (χ3n) is 2.88. The first kappa shape index (κ1) is 16.2. The number of nitrogens with zero attached hydrogens (tertiary/aromatic N) is 2. The van der Waals surface area contributed by atoms with E-state index in [1.54, 1.807) is 18.2 Å². The van der Waals surface area contributed by atoms with E-state index in [-0.39, 0.29) is 16.3 Å². The first-order valence-electron chi connectivity index (χ1n) is 6.66. The number of sulfonamides is 1. The van der Waals surface area contributed by atoms with Crippen molar-refractivity contribution in [2.75, 3.05) is 11.3 Å². The highest BCUT2D eigenvalue weighted by Crippen LogP contribution is 2.15. The number of hydrogen-bond acceptors (Lipinski definition) is 5. The number of ether oxygens (including phenoxy) is 1. The highest BCUT2D eigenvalue weighted by Gasteiger charge is 2.15. The van der Waals surface area contributed by atoms with E-state index in [1.807, 2.05) is 6.92 Å². The lowest BCUT2D eigenvalue weighted by molar-refractivity contribution is 0.134. The van der Waals surface area contributed by atoms with Gasteiger partial charge in [-0.25, -0.2) is 13.1 Å². The van der Waals surface area contributed by atoms with Crippen molar-refractivity contribution in [3.63, 3.8) is 0 Å². The van der Waals surface area contributed by atoms with Gasteiger partial charge >= 0.3 is 0 Å². The van der Waals surface area contributed by atoms with Crippen LogP contribution in [0.4, 0.5) is 5.82 Å². The highest BCUT2D eigenvalue weighted by atomic mass is 32.2. The summed E-state index contributed by atoms with van der Waals surface area (Å²) in [6.45, 7) is 2.77. The van der Waals surface area contributed by atoms with Gasteiger partial charge in [0.25, 0.3) is 15.6 Å². The largest absolute Gasteiger partial charge is 0.377 e. The number of hydrogen-bond donors (Lipinski definition) is 1. The molecule has 1 aromatic carbocycles. The average molecular weight is 323 g/mol. The van der Waals surface area contributed by atoms with E-state index in [2.05, 4.69) is 9.82 Å². The molecule has 118 valence electrons. The maximum Gasteiger partial charge on any atom is 0.266 e. The normalized spacial score (nSPS) is 11.4. The van der Waals surface area contributed by atoms with Crippen molar-refractivity contribution in [2.45, 2.75) is 18.4 Å². The van der Waals surface area contributed by atoms with Crippen molar-refractivity contribution in [1.82, 2.24) is 9.78 Å². The molecule has 8 heteroatoms. The molecule has 0 atom stereocenters. The molecule has 0 saturated carbocycles. The van der Waals surface area contributed by atoms with Crippen molar-refractivity contribution < 1.29 is 13.2 Å². The zero-order chi connectivity index (χ0) is 16.2. The zero-order valence-corrected chi connectivity index (χ0v) is 13.1. The second kappa shape index (κ2) is 6.71. The molecule has 0 aliphatic heterocycles. The molecule has 1 N–H and O–H groups in total. The molecule has 0 saturated heterocycles. The van der Waals surface area contributed by atoms with Crippen molar-refractivity contribution >= 4 is 15.8 Å². The van der Waals surface area contributed by atoms with Crippen molar-refractivity contribution in [3.05, 3.63) is 52.3 Å². The molecule has 0 spiro atoms. The molecule has 0 bridgehead atoms. The van der Waals surface area contributed by atoms with E-state index in [1.165, 1.54) is 25.2 Å². The predicted octanol–water partition coefficient (Wildman–Crippen LogP) is 1.12. The number of nitrogens with one attached hydrogen (secondary N) is 1. The maximum absolute atomic E-state index is 12.3. The lowest BCUT2D eigenvalue weighted by Crippen LogP contribution is -2.21. The summed E-state index contributed by atoms with van der Waals surface area (Å²) in [5.74, 6) is 0.0808. The summed E-state index contributed by atoms with van der Waals surface area (Å²) in [7, 11) is -2.33. The second-order valence-electron chi connectivity index (χ2n) is 4.57. The number of aromatic nitrogens is 2. The van der Waals surface area contributed by atoms with Gasteiger partial charge in [0.1, 0.15) is 0 Å². The molecule has 1 heterocycles. The minimum Gasteiger partial charge on any atom is -0.377 e. The zero-order valence-electron chi connectivity index (χ0n) is 12.3. The van der Waals surface area contributed by atoms with Crippen LogP contribution in [-0.2, 0) is 28.4 Å². The maximum atomic E-state index is 12.3. The van der Waals surface area contributed by atoms with Crippen LogP contribution in [0.2, 0.25) is 0 Å². The van der Waals surface area contributed by atoms with E-state index in [9.17, 15) is 13.2 Å².